The van der Waals surface area contributed by atoms with Crippen LogP contribution < -0.4 is 5.32 Å². The molecule has 0 aromatic carbocycles. The van der Waals surface area contributed by atoms with Crippen molar-refractivity contribution in [2.24, 2.45) is 5.92 Å². The summed E-state index contributed by atoms with van der Waals surface area (Å²) in [6.45, 7) is 13.6. The molecule has 0 aliphatic carbocycles. The predicted molar refractivity (Wildman–Crippen MR) is 130 cm³/mol. The Balaban J connectivity index is 1.88. The quantitative estimate of drug-likeness (QED) is 0.484. The molecular weight excluding hydrogens is 388 g/mol. The van der Waals surface area contributed by atoms with Crippen molar-refractivity contribution in [3.05, 3.63) is 65.5 Å². The average Bonchev–Trinajstić information content (AvgIpc) is 3.41. The van der Waals surface area contributed by atoms with Gasteiger partial charge in [-0.1, -0.05) is 49.8 Å². The fourth-order valence-electron chi connectivity index (χ4n) is 4.07. The number of thiazole rings is 1. The lowest BCUT2D eigenvalue weighted by Gasteiger charge is -2.23. The molecule has 1 aliphatic heterocycles. The standard InChI is InChI=1S/C25H34N4S/c1-5-8-10-22(19(4)9-6-2)21(7-3)23-18-30-25(28-23)24-27-15-16-29(24)17-20-11-13-26-14-12-20/h5,7-8,10,15-16,18,20,26H,1,6,9,11-14,17H2,2-4H3/b10-8-,21-7+,22-19-. The number of nitrogens with zero attached hydrogens (tertiary/aromatic N) is 3. The van der Waals surface area contributed by atoms with Crippen molar-refractivity contribution in [3.8, 4) is 10.8 Å². The minimum absolute atomic E-state index is 0.708. The van der Waals surface area contributed by atoms with Crippen LogP contribution in [0, 0.1) is 5.92 Å². The Kier molecular flexibility index (Phi) is 8.40. The summed E-state index contributed by atoms with van der Waals surface area (Å²) in [5.74, 6) is 1.69. The summed E-state index contributed by atoms with van der Waals surface area (Å²) >= 11 is 1.68. The van der Waals surface area contributed by atoms with Crippen LogP contribution in [-0.2, 0) is 6.54 Å². The second-order valence-corrected chi connectivity index (χ2v) is 8.73. The third-order valence-electron chi connectivity index (χ3n) is 5.66. The van der Waals surface area contributed by atoms with Gasteiger partial charge in [0, 0.05) is 29.9 Å². The molecular formula is C25H34N4S. The first-order chi connectivity index (χ1) is 14.7. The first-order valence-corrected chi connectivity index (χ1v) is 11.9. The molecule has 4 nitrogen and oxygen atoms in total. The summed E-state index contributed by atoms with van der Waals surface area (Å²) in [6.07, 6.45) is 16.8. The Morgan fingerprint density at radius 2 is 2.17 bits per heavy atom. The summed E-state index contributed by atoms with van der Waals surface area (Å²) in [5.41, 5.74) is 4.82. The third-order valence-corrected chi connectivity index (χ3v) is 6.50. The Morgan fingerprint density at radius 3 is 2.87 bits per heavy atom. The summed E-state index contributed by atoms with van der Waals surface area (Å²) in [6, 6.07) is 0. The molecule has 0 amide bonds. The van der Waals surface area contributed by atoms with Gasteiger partial charge in [-0.2, -0.15) is 0 Å². The minimum atomic E-state index is 0.708. The lowest BCUT2D eigenvalue weighted by molar-refractivity contribution is 0.334. The zero-order valence-corrected chi connectivity index (χ0v) is 19.3. The molecule has 3 rings (SSSR count). The van der Waals surface area contributed by atoms with Crippen molar-refractivity contribution in [1.29, 1.82) is 0 Å². The largest absolute Gasteiger partial charge is 0.329 e. The number of rotatable bonds is 9. The van der Waals surface area contributed by atoms with Gasteiger partial charge in [-0.3, -0.25) is 0 Å². The van der Waals surface area contributed by atoms with E-state index in [0.29, 0.717) is 5.92 Å². The number of aromatic nitrogens is 3. The van der Waals surface area contributed by atoms with Crippen LogP contribution in [0.3, 0.4) is 0 Å². The lowest BCUT2D eigenvalue weighted by Crippen LogP contribution is -2.29. The number of allylic oxidation sites excluding steroid dienone is 7. The molecule has 1 aliphatic rings. The molecule has 0 atom stereocenters. The normalized spacial score (nSPS) is 16.8. The Morgan fingerprint density at radius 1 is 1.37 bits per heavy atom. The van der Waals surface area contributed by atoms with Crippen molar-refractivity contribution in [1.82, 2.24) is 19.9 Å². The zero-order valence-electron chi connectivity index (χ0n) is 18.5. The van der Waals surface area contributed by atoms with E-state index in [-0.39, 0.29) is 0 Å². The van der Waals surface area contributed by atoms with Crippen LogP contribution in [0.5, 0.6) is 0 Å². The van der Waals surface area contributed by atoms with E-state index < -0.39 is 0 Å². The van der Waals surface area contributed by atoms with Gasteiger partial charge in [-0.25, -0.2) is 9.97 Å². The molecule has 0 radical (unpaired) electrons. The van der Waals surface area contributed by atoms with Crippen LogP contribution in [0.2, 0.25) is 0 Å². The fourth-order valence-corrected chi connectivity index (χ4v) is 4.90. The molecule has 1 N–H and O–H groups in total. The second kappa shape index (κ2) is 11.2. The second-order valence-electron chi connectivity index (χ2n) is 7.88. The highest BCUT2D eigenvalue weighted by Crippen LogP contribution is 2.32. The number of imidazole rings is 1. The SMILES string of the molecule is C=C\C=C/C(=C(\C)CCC)C(=C\C)/c1csc(-c2nccn2CC2CCNCC2)n1. The van der Waals surface area contributed by atoms with E-state index in [9.17, 15) is 0 Å². The van der Waals surface area contributed by atoms with Gasteiger partial charge in [0.25, 0.3) is 0 Å². The average molecular weight is 423 g/mol. The maximum Gasteiger partial charge on any atom is 0.169 e. The van der Waals surface area contributed by atoms with Crippen LogP contribution >= 0.6 is 11.3 Å². The summed E-state index contributed by atoms with van der Waals surface area (Å²) in [7, 11) is 0. The number of hydrogen-bond donors (Lipinski definition) is 1. The molecule has 0 bridgehead atoms. The van der Waals surface area contributed by atoms with Gasteiger partial charge in [0.15, 0.2) is 10.8 Å². The molecule has 0 saturated carbocycles. The summed E-state index contributed by atoms with van der Waals surface area (Å²) in [5, 5.41) is 6.60. The lowest BCUT2D eigenvalue weighted by atomic mass is 9.95. The van der Waals surface area contributed by atoms with E-state index in [2.05, 4.69) is 65.9 Å². The molecule has 160 valence electrons. The maximum atomic E-state index is 5.01. The Bertz CT molecular complexity index is 923. The highest BCUT2D eigenvalue weighted by Gasteiger charge is 2.18. The van der Waals surface area contributed by atoms with Crippen LogP contribution in [0.25, 0.3) is 16.4 Å². The number of nitrogens with one attached hydrogen (secondary N) is 1. The molecule has 30 heavy (non-hydrogen) atoms. The molecule has 3 heterocycles. The van der Waals surface area contributed by atoms with Crippen molar-refractivity contribution in [2.75, 3.05) is 13.1 Å². The molecule has 1 fully saturated rings. The third kappa shape index (κ3) is 5.46. The molecule has 1 saturated heterocycles. The minimum Gasteiger partial charge on any atom is -0.329 e. The molecule has 0 unspecified atom stereocenters. The molecule has 2 aromatic rings. The maximum absolute atomic E-state index is 5.01. The highest BCUT2D eigenvalue weighted by molar-refractivity contribution is 7.13. The number of hydrogen-bond acceptors (Lipinski definition) is 4. The monoisotopic (exact) mass is 422 g/mol. The van der Waals surface area contributed by atoms with E-state index in [1.54, 1.807) is 11.3 Å². The van der Waals surface area contributed by atoms with Gasteiger partial charge in [-0.05, 0) is 57.7 Å². The first kappa shape index (κ1) is 22.4. The van der Waals surface area contributed by atoms with Gasteiger partial charge in [0.05, 0.1) is 5.69 Å². The molecule has 0 spiro atoms. The molecule has 5 heteroatoms. The predicted octanol–water partition coefficient (Wildman–Crippen LogP) is 6.27. The highest BCUT2D eigenvalue weighted by atomic mass is 32.1. The van der Waals surface area contributed by atoms with Crippen molar-refractivity contribution in [2.45, 2.75) is 53.0 Å². The number of piperidine rings is 1. The summed E-state index contributed by atoms with van der Waals surface area (Å²) < 4.78 is 2.28. The van der Waals surface area contributed by atoms with Gasteiger partial charge in [0.2, 0.25) is 0 Å². The Hall–Kier alpha value is -2.24. The van der Waals surface area contributed by atoms with Crippen LogP contribution in [0.15, 0.2) is 59.8 Å². The zero-order chi connectivity index (χ0) is 21.3. The van der Waals surface area contributed by atoms with Crippen molar-refractivity contribution < 1.29 is 0 Å². The van der Waals surface area contributed by atoms with Crippen LogP contribution in [0.1, 0.15) is 52.1 Å². The first-order valence-electron chi connectivity index (χ1n) is 11.0. The fraction of sp³-hybridized carbons (Fsp3) is 0.440. The van der Waals surface area contributed by atoms with Crippen molar-refractivity contribution in [3.63, 3.8) is 0 Å². The van der Waals surface area contributed by atoms with Gasteiger partial charge in [0.1, 0.15) is 0 Å². The van der Waals surface area contributed by atoms with Gasteiger partial charge < -0.3 is 9.88 Å². The summed E-state index contributed by atoms with van der Waals surface area (Å²) in [4.78, 5) is 9.66. The van der Waals surface area contributed by atoms with Crippen molar-refractivity contribution >= 4 is 16.9 Å². The van der Waals surface area contributed by atoms with E-state index in [0.717, 1.165) is 49.0 Å². The van der Waals surface area contributed by atoms with Gasteiger partial charge >= 0.3 is 0 Å². The van der Waals surface area contributed by atoms with E-state index in [1.165, 1.54) is 29.6 Å². The van der Waals surface area contributed by atoms with E-state index >= 15 is 0 Å². The van der Waals surface area contributed by atoms with Crippen LogP contribution in [-0.4, -0.2) is 27.6 Å². The van der Waals surface area contributed by atoms with Gasteiger partial charge in [-0.15, -0.1) is 11.3 Å². The topological polar surface area (TPSA) is 42.7 Å². The molecule has 2 aromatic heterocycles. The van der Waals surface area contributed by atoms with E-state index in [1.807, 2.05) is 18.3 Å². The van der Waals surface area contributed by atoms with Crippen LogP contribution in [0.4, 0.5) is 0 Å². The Labute approximate surface area is 185 Å². The smallest absolute Gasteiger partial charge is 0.169 e. The van der Waals surface area contributed by atoms with E-state index in [4.69, 9.17) is 4.98 Å².